The molecule has 0 spiro atoms. The Bertz CT molecular complexity index is 621. The zero-order chi connectivity index (χ0) is 14.4. The van der Waals surface area contributed by atoms with Crippen LogP contribution in [0.2, 0.25) is 0 Å². The molecule has 4 heteroatoms. The van der Waals surface area contributed by atoms with Gasteiger partial charge >= 0.3 is 0 Å². The van der Waals surface area contributed by atoms with Gasteiger partial charge in [-0.15, -0.1) is 0 Å². The van der Waals surface area contributed by atoms with Crippen molar-refractivity contribution < 1.29 is 9.66 Å². The van der Waals surface area contributed by atoms with Crippen LogP contribution in [0.3, 0.4) is 0 Å². The number of nitrogens with zero attached hydrogens (tertiary/aromatic N) is 1. The summed E-state index contributed by atoms with van der Waals surface area (Å²) in [6.07, 6.45) is 2.38. The van der Waals surface area contributed by atoms with Crippen LogP contribution in [-0.2, 0) is 6.61 Å². The number of aryl methyl sites for hydroxylation is 1. The third kappa shape index (κ3) is 3.95. The first-order valence-corrected chi connectivity index (χ1v) is 6.24. The summed E-state index contributed by atoms with van der Waals surface area (Å²) in [5.41, 5.74) is 2.83. The molecule has 0 N–H and O–H groups in total. The van der Waals surface area contributed by atoms with Gasteiger partial charge in [-0.25, -0.2) is 0 Å². The quantitative estimate of drug-likeness (QED) is 0.612. The van der Waals surface area contributed by atoms with Crippen molar-refractivity contribution in [3.8, 4) is 5.75 Å². The van der Waals surface area contributed by atoms with Crippen molar-refractivity contribution >= 4 is 6.08 Å². The highest BCUT2D eigenvalue weighted by atomic mass is 16.6. The van der Waals surface area contributed by atoms with E-state index >= 15 is 0 Å². The van der Waals surface area contributed by atoms with Gasteiger partial charge in [0.2, 0.25) is 6.20 Å². The van der Waals surface area contributed by atoms with Gasteiger partial charge in [0.15, 0.2) is 0 Å². The fourth-order valence-electron chi connectivity index (χ4n) is 1.76. The number of hydrogen-bond acceptors (Lipinski definition) is 3. The molecule has 4 nitrogen and oxygen atoms in total. The van der Waals surface area contributed by atoms with Gasteiger partial charge in [0.05, 0.1) is 4.92 Å². The van der Waals surface area contributed by atoms with Crippen LogP contribution >= 0.6 is 0 Å². The SMILES string of the molecule is Cc1ccc(C=C[N+](=O)[O-])cc1OCc1ccccc1. The summed E-state index contributed by atoms with van der Waals surface area (Å²) in [5.74, 6) is 0.736. The Kier molecular flexibility index (Phi) is 4.50. The molecule has 0 aliphatic carbocycles. The highest BCUT2D eigenvalue weighted by Crippen LogP contribution is 2.21. The summed E-state index contributed by atoms with van der Waals surface area (Å²) in [6.45, 7) is 2.42. The highest BCUT2D eigenvalue weighted by molar-refractivity contribution is 5.52. The molecule has 0 aromatic heterocycles. The average molecular weight is 269 g/mol. The van der Waals surface area contributed by atoms with Crippen LogP contribution in [0.4, 0.5) is 0 Å². The summed E-state index contributed by atoms with van der Waals surface area (Å²) in [6, 6.07) is 15.4. The van der Waals surface area contributed by atoms with E-state index in [1.54, 1.807) is 6.07 Å². The van der Waals surface area contributed by atoms with Crippen molar-refractivity contribution in [2.45, 2.75) is 13.5 Å². The van der Waals surface area contributed by atoms with E-state index in [9.17, 15) is 10.1 Å². The van der Waals surface area contributed by atoms with Crippen molar-refractivity contribution in [2.24, 2.45) is 0 Å². The second-order valence-electron chi connectivity index (χ2n) is 4.40. The van der Waals surface area contributed by atoms with Crippen molar-refractivity contribution in [3.63, 3.8) is 0 Å². The largest absolute Gasteiger partial charge is 0.489 e. The summed E-state index contributed by atoms with van der Waals surface area (Å²) < 4.78 is 5.77. The summed E-state index contributed by atoms with van der Waals surface area (Å²) in [5, 5.41) is 10.3. The maximum absolute atomic E-state index is 10.3. The van der Waals surface area contributed by atoms with E-state index < -0.39 is 4.92 Å². The van der Waals surface area contributed by atoms with Crippen LogP contribution in [0.25, 0.3) is 6.08 Å². The zero-order valence-electron chi connectivity index (χ0n) is 11.2. The van der Waals surface area contributed by atoms with Crippen LogP contribution < -0.4 is 4.74 Å². The smallest absolute Gasteiger partial charge is 0.235 e. The Hall–Kier alpha value is -2.62. The van der Waals surface area contributed by atoms with Gasteiger partial charge in [-0.3, -0.25) is 10.1 Å². The molecule has 0 heterocycles. The Morgan fingerprint density at radius 3 is 2.65 bits per heavy atom. The predicted molar refractivity (Wildman–Crippen MR) is 78.0 cm³/mol. The molecule has 0 atom stereocenters. The molecule has 0 radical (unpaired) electrons. The van der Waals surface area contributed by atoms with Gasteiger partial charge in [0.1, 0.15) is 12.4 Å². The molecule has 0 aliphatic rings. The van der Waals surface area contributed by atoms with Gasteiger partial charge in [-0.1, -0.05) is 42.5 Å². The zero-order valence-corrected chi connectivity index (χ0v) is 11.2. The molecular formula is C16H15NO3. The van der Waals surface area contributed by atoms with Gasteiger partial charge in [-0.2, -0.15) is 0 Å². The van der Waals surface area contributed by atoms with E-state index in [1.807, 2.05) is 49.4 Å². The number of rotatable bonds is 5. The van der Waals surface area contributed by atoms with Crippen molar-refractivity contribution in [1.29, 1.82) is 0 Å². The molecule has 0 unspecified atom stereocenters. The van der Waals surface area contributed by atoms with Crippen LogP contribution in [0.15, 0.2) is 54.7 Å². The van der Waals surface area contributed by atoms with Crippen molar-refractivity contribution in [2.75, 3.05) is 0 Å². The number of ether oxygens (including phenoxy) is 1. The van der Waals surface area contributed by atoms with Crippen LogP contribution in [0.1, 0.15) is 16.7 Å². The minimum atomic E-state index is -0.482. The molecule has 2 aromatic rings. The summed E-state index contributed by atoms with van der Waals surface area (Å²) >= 11 is 0. The minimum Gasteiger partial charge on any atom is -0.489 e. The molecule has 0 amide bonds. The molecule has 2 aromatic carbocycles. The Labute approximate surface area is 117 Å². The first-order chi connectivity index (χ1) is 9.65. The number of hydrogen-bond donors (Lipinski definition) is 0. The number of benzene rings is 2. The van der Waals surface area contributed by atoms with Crippen LogP contribution in [0, 0.1) is 17.0 Å². The predicted octanol–water partition coefficient (Wildman–Crippen LogP) is 3.82. The Morgan fingerprint density at radius 2 is 1.95 bits per heavy atom. The molecule has 0 fully saturated rings. The first kappa shape index (κ1) is 13.8. The lowest BCUT2D eigenvalue weighted by molar-refractivity contribution is -0.400. The van der Waals surface area contributed by atoms with E-state index in [1.165, 1.54) is 6.08 Å². The molecule has 0 saturated heterocycles. The van der Waals surface area contributed by atoms with E-state index in [0.717, 1.165) is 28.6 Å². The van der Waals surface area contributed by atoms with Gasteiger partial charge in [0, 0.05) is 6.08 Å². The normalized spacial score (nSPS) is 10.7. The Morgan fingerprint density at radius 1 is 1.20 bits per heavy atom. The molecule has 0 bridgehead atoms. The van der Waals surface area contributed by atoms with E-state index in [4.69, 9.17) is 4.74 Å². The molecule has 20 heavy (non-hydrogen) atoms. The standard InChI is InChI=1S/C16H15NO3/c1-13-7-8-14(9-10-17(18)19)11-16(13)20-12-15-5-3-2-4-6-15/h2-11H,12H2,1H3. The second kappa shape index (κ2) is 6.52. The Balaban J connectivity index is 2.10. The van der Waals surface area contributed by atoms with E-state index in [-0.39, 0.29) is 0 Å². The van der Waals surface area contributed by atoms with Gasteiger partial charge < -0.3 is 4.74 Å². The minimum absolute atomic E-state index is 0.476. The van der Waals surface area contributed by atoms with E-state index in [0.29, 0.717) is 6.61 Å². The molecule has 0 aliphatic heterocycles. The van der Waals surface area contributed by atoms with Crippen LogP contribution in [0.5, 0.6) is 5.75 Å². The molecule has 0 saturated carbocycles. The van der Waals surface area contributed by atoms with Crippen LogP contribution in [-0.4, -0.2) is 4.92 Å². The van der Waals surface area contributed by atoms with E-state index in [2.05, 4.69) is 0 Å². The lowest BCUT2D eigenvalue weighted by Crippen LogP contribution is -1.97. The molecule has 102 valence electrons. The third-order valence-electron chi connectivity index (χ3n) is 2.84. The van der Waals surface area contributed by atoms with Crippen molar-refractivity contribution in [3.05, 3.63) is 81.5 Å². The highest BCUT2D eigenvalue weighted by Gasteiger charge is 2.02. The molecule has 2 rings (SSSR count). The maximum atomic E-state index is 10.3. The third-order valence-corrected chi connectivity index (χ3v) is 2.84. The lowest BCUT2D eigenvalue weighted by atomic mass is 10.1. The van der Waals surface area contributed by atoms with Gasteiger partial charge in [-0.05, 0) is 29.7 Å². The second-order valence-corrected chi connectivity index (χ2v) is 4.40. The number of nitro groups is 1. The fraction of sp³-hybridized carbons (Fsp3) is 0.125. The fourth-order valence-corrected chi connectivity index (χ4v) is 1.76. The van der Waals surface area contributed by atoms with Gasteiger partial charge in [0.25, 0.3) is 0 Å². The first-order valence-electron chi connectivity index (χ1n) is 6.24. The topological polar surface area (TPSA) is 52.4 Å². The van der Waals surface area contributed by atoms with Crippen molar-refractivity contribution in [1.82, 2.24) is 0 Å². The average Bonchev–Trinajstić information content (AvgIpc) is 2.46. The monoisotopic (exact) mass is 269 g/mol. The summed E-state index contributed by atoms with van der Waals surface area (Å²) in [7, 11) is 0. The maximum Gasteiger partial charge on any atom is 0.235 e. The molecular weight excluding hydrogens is 254 g/mol. The lowest BCUT2D eigenvalue weighted by Gasteiger charge is -2.09. The summed E-state index contributed by atoms with van der Waals surface area (Å²) in [4.78, 5) is 9.84.